The average Bonchev–Trinajstić information content (AvgIpc) is 3.02. The normalized spacial score (nSPS) is 14.7. The Morgan fingerprint density at radius 1 is 1.12 bits per heavy atom. The molecule has 2 heterocycles. The van der Waals surface area contributed by atoms with Crippen LogP contribution in [0.25, 0.3) is 10.9 Å². The molecule has 1 saturated heterocycles. The van der Waals surface area contributed by atoms with Crippen LogP contribution in [0.3, 0.4) is 0 Å². The van der Waals surface area contributed by atoms with Crippen molar-refractivity contribution >= 4 is 28.2 Å². The molecule has 2 aromatic carbocycles. The Hall–Kier alpha value is -2.79. The summed E-state index contributed by atoms with van der Waals surface area (Å²) >= 11 is 0. The number of carbonyl (C=O) groups excluding carboxylic acids is 1. The molecule has 1 fully saturated rings. The number of aryl methyl sites for hydroxylation is 1. The molecule has 1 aliphatic heterocycles. The van der Waals surface area contributed by atoms with Crippen molar-refractivity contribution in [1.29, 1.82) is 0 Å². The highest BCUT2D eigenvalue weighted by molar-refractivity contribution is 6.07. The highest BCUT2D eigenvalue weighted by atomic mass is 16.5. The summed E-state index contributed by atoms with van der Waals surface area (Å²) in [4.78, 5) is 18.3. The fourth-order valence-corrected chi connectivity index (χ4v) is 3.27. The second kappa shape index (κ2) is 6.61. The van der Waals surface area contributed by atoms with Crippen molar-refractivity contribution in [3.05, 3.63) is 59.8 Å². The van der Waals surface area contributed by atoms with Crippen LogP contribution < -0.4 is 10.2 Å². The second-order valence-corrected chi connectivity index (χ2v) is 6.33. The van der Waals surface area contributed by atoms with Crippen LogP contribution in [0.15, 0.2) is 48.5 Å². The van der Waals surface area contributed by atoms with Gasteiger partial charge in [-0.3, -0.25) is 4.79 Å². The van der Waals surface area contributed by atoms with Crippen molar-refractivity contribution in [2.45, 2.75) is 6.92 Å². The fraction of sp³-hybridized carbons (Fsp3) is 0.250. The summed E-state index contributed by atoms with van der Waals surface area (Å²) < 4.78 is 5.42. The molecule has 0 bridgehead atoms. The highest BCUT2D eigenvalue weighted by Crippen LogP contribution is 2.27. The lowest BCUT2D eigenvalue weighted by molar-refractivity contribution is 0.102. The third-order valence-corrected chi connectivity index (χ3v) is 4.52. The van der Waals surface area contributed by atoms with E-state index in [1.54, 1.807) is 0 Å². The molecule has 0 atom stereocenters. The zero-order chi connectivity index (χ0) is 17.2. The average molecular weight is 335 g/mol. The predicted octanol–water partition coefficient (Wildman–Crippen LogP) is 3.57. The monoisotopic (exact) mass is 335 g/mol. The molecule has 0 aliphatic carbocycles. The van der Waals surface area contributed by atoms with Gasteiger partial charge in [-0.1, -0.05) is 12.1 Å². The highest BCUT2D eigenvalue weighted by Gasteiger charge is 2.16. The Morgan fingerprint density at radius 2 is 1.92 bits per heavy atom. The van der Waals surface area contributed by atoms with Crippen LogP contribution in [0.2, 0.25) is 0 Å². The van der Waals surface area contributed by atoms with Gasteiger partial charge in [0.15, 0.2) is 0 Å². The third kappa shape index (κ3) is 3.23. The fourth-order valence-electron chi connectivity index (χ4n) is 3.27. The summed E-state index contributed by atoms with van der Waals surface area (Å²) in [6.07, 6.45) is 0. The number of rotatable bonds is 3. The number of anilines is 2. The number of fused-ring (bicyclic) bond motifs is 1. The van der Waals surface area contributed by atoms with Crippen LogP contribution in [-0.4, -0.2) is 37.2 Å². The van der Waals surface area contributed by atoms with Crippen molar-refractivity contribution in [2.24, 2.45) is 0 Å². The first-order valence-corrected chi connectivity index (χ1v) is 8.53. The van der Waals surface area contributed by atoms with E-state index in [9.17, 15) is 4.79 Å². The molecule has 0 saturated carbocycles. The van der Waals surface area contributed by atoms with E-state index in [1.807, 2.05) is 55.5 Å². The van der Waals surface area contributed by atoms with Gasteiger partial charge < -0.3 is 19.9 Å². The van der Waals surface area contributed by atoms with Gasteiger partial charge in [0, 0.05) is 35.2 Å². The number of carbonyl (C=O) groups is 1. The van der Waals surface area contributed by atoms with Crippen LogP contribution in [0.4, 0.5) is 11.4 Å². The van der Waals surface area contributed by atoms with Crippen LogP contribution in [0.5, 0.6) is 0 Å². The Labute approximate surface area is 146 Å². The molecule has 0 unspecified atom stereocenters. The number of aromatic amines is 1. The molecule has 1 aromatic heterocycles. The summed E-state index contributed by atoms with van der Waals surface area (Å²) in [5.74, 6) is -0.0959. The molecule has 4 rings (SSSR count). The van der Waals surface area contributed by atoms with E-state index in [-0.39, 0.29) is 5.91 Å². The molecule has 1 amide bonds. The first-order chi connectivity index (χ1) is 12.2. The van der Waals surface area contributed by atoms with Crippen LogP contribution >= 0.6 is 0 Å². The van der Waals surface area contributed by atoms with Crippen LogP contribution in [0.1, 0.15) is 16.1 Å². The van der Waals surface area contributed by atoms with Gasteiger partial charge in [-0.2, -0.15) is 0 Å². The van der Waals surface area contributed by atoms with E-state index in [4.69, 9.17) is 4.74 Å². The molecule has 0 radical (unpaired) electrons. The van der Waals surface area contributed by atoms with E-state index in [0.717, 1.165) is 41.1 Å². The van der Waals surface area contributed by atoms with Gasteiger partial charge >= 0.3 is 0 Å². The minimum atomic E-state index is -0.0959. The van der Waals surface area contributed by atoms with Gasteiger partial charge in [0.25, 0.3) is 5.91 Å². The van der Waals surface area contributed by atoms with Gasteiger partial charge in [-0.05, 0) is 43.3 Å². The number of amides is 1. The summed E-state index contributed by atoms with van der Waals surface area (Å²) in [6, 6.07) is 15.7. The largest absolute Gasteiger partial charge is 0.378 e. The van der Waals surface area contributed by atoms with Gasteiger partial charge in [-0.25, -0.2) is 0 Å². The molecule has 5 nitrogen and oxygen atoms in total. The Kier molecular flexibility index (Phi) is 4.15. The van der Waals surface area contributed by atoms with E-state index in [2.05, 4.69) is 15.2 Å². The first-order valence-electron chi connectivity index (χ1n) is 8.53. The number of nitrogens with one attached hydrogen (secondary N) is 2. The number of morpholine rings is 1. The Bertz CT molecular complexity index is 910. The second-order valence-electron chi connectivity index (χ2n) is 6.33. The zero-order valence-corrected chi connectivity index (χ0v) is 14.2. The summed E-state index contributed by atoms with van der Waals surface area (Å²) in [5.41, 5.74) is 4.66. The van der Waals surface area contributed by atoms with Crippen molar-refractivity contribution in [2.75, 3.05) is 36.5 Å². The first kappa shape index (κ1) is 15.7. The molecular formula is C20H21N3O2. The number of hydrogen-bond acceptors (Lipinski definition) is 3. The Morgan fingerprint density at radius 3 is 2.76 bits per heavy atom. The molecule has 0 spiro atoms. The molecule has 5 heteroatoms. The van der Waals surface area contributed by atoms with E-state index in [1.165, 1.54) is 0 Å². The Balaban J connectivity index is 1.59. The number of ether oxygens (including phenoxy) is 1. The number of benzene rings is 2. The van der Waals surface area contributed by atoms with Crippen molar-refractivity contribution in [3.63, 3.8) is 0 Å². The van der Waals surface area contributed by atoms with E-state index < -0.39 is 0 Å². The summed E-state index contributed by atoms with van der Waals surface area (Å²) in [6.45, 7) is 5.11. The van der Waals surface area contributed by atoms with Crippen molar-refractivity contribution < 1.29 is 9.53 Å². The maximum atomic E-state index is 12.7. The zero-order valence-electron chi connectivity index (χ0n) is 14.2. The lowest BCUT2D eigenvalue weighted by atomic mass is 10.1. The van der Waals surface area contributed by atoms with Crippen molar-refractivity contribution in [3.8, 4) is 0 Å². The number of H-pyrrole nitrogens is 1. The molecule has 1 aliphatic rings. The minimum Gasteiger partial charge on any atom is -0.378 e. The molecule has 25 heavy (non-hydrogen) atoms. The maximum absolute atomic E-state index is 12.7. The standard InChI is InChI=1S/C20H21N3O2/c1-14-12-16-13-15(6-7-17(16)21-14)20(24)22-18-4-2-3-5-19(18)23-8-10-25-11-9-23/h2-7,12-13,21H,8-11H2,1H3,(H,22,24). The van der Waals surface area contributed by atoms with Gasteiger partial charge in [0.2, 0.25) is 0 Å². The lowest BCUT2D eigenvalue weighted by Crippen LogP contribution is -2.36. The predicted molar refractivity (Wildman–Crippen MR) is 100 cm³/mol. The third-order valence-electron chi connectivity index (χ3n) is 4.52. The SMILES string of the molecule is Cc1cc2cc(C(=O)Nc3ccccc3N3CCOCC3)ccc2[nH]1. The molecule has 3 aromatic rings. The van der Waals surface area contributed by atoms with Crippen LogP contribution in [0, 0.1) is 6.92 Å². The number of aromatic nitrogens is 1. The number of para-hydroxylation sites is 2. The number of nitrogens with zero attached hydrogens (tertiary/aromatic N) is 1. The van der Waals surface area contributed by atoms with Gasteiger partial charge in [0.1, 0.15) is 0 Å². The van der Waals surface area contributed by atoms with E-state index in [0.29, 0.717) is 18.8 Å². The summed E-state index contributed by atoms with van der Waals surface area (Å²) in [7, 11) is 0. The topological polar surface area (TPSA) is 57.4 Å². The minimum absolute atomic E-state index is 0.0959. The molecule has 128 valence electrons. The molecular weight excluding hydrogens is 314 g/mol. The lowest BCUT2D eigenvalue weighted by Gasteiger charge is -2.30. The molecule has 2 N–H and O–H groups in total. The van der Waals surface area contributed by atoms with E-state index >= 15 is 0 Å². The quantitative estimate of drug-likeness (QED) is 0.769. The van der Waals surface area contributed by atoms with Crippen molar-refractivity contribution in [1.82, 2.24) is 4.98 Å². The smallest absolute Gasteiger partial charge is 0.255 e. The van der Waals surface area contributed by atoms with Gasteiger partial charge in [0.05, 0.1) is 24.6 Å². The number of hydrogen-bond donors (Lipinski definition) is 2. The summed E-state index contributed by atoms with van der Waals surface area (Å²) in [5, 5.41) is 4.11. The maximum Gasteiger partial charge on any atom is 0.255 e. The van der Waals surface area contributed by atoms with Crippen LogP contribution in [-0.2, 0) is 4.74 Å². The van der Waals surface area contributed by atoms with Gasteiger partial charge in [-0.15, -0.1) is 0 Å².